The smallest absolute Gasteiger partial charge is 0.0468 e. The number of nitrogens with one attached hydrogen (secondary N) is 1. The van der Waals surface area contributed by atoms with Crippen LogP contribution in [-0.4, -0.2) is 37.6 Å². The van der Waals surface area contributed by atoms with Crippen molar-refractivity contribution >= 4 is 0 Å². The van der Waals surface area contributed by atoms with E-state index in [0.717, 1.165) is 19.6 Å². The molecule has 1 aliphatic rings. The minimum Gasteiger partial charge on any atom is -0.323 e. The molecule has 0 radical (unpaired) electrons. The monoisotopic (exact) mass is 219 g/mol. The Morgan fingerprint density at radius 3 is 2.88 bits per heavy atom. The second kappa shape index (κ2) is 4.95. The maximum atomic E-state index is 6.38. The van der Waals surface area contributed by atoms with E-state index in [4.69, 9.17) is 5.73 Å². The molecular weight excluding hydrogens is 198 g/mol. The average molecular weight is 219 g/mol. The first-order valence-corrected chi connectivity index (χ1v) is 5.92. The molecule has 0 amide bonds. The second-order valence-electron chi connectivity index (χ2n) is 4.63. The SMILES string of the molecule is Cc1ccccc1C(N)C1CNCCN1C. The predicted molar refractivity (Wildman–Crippen MR) is 67.4 cm³/mol. The standard InChI is InChI=1S/C13H21N3/c1-10-5-3-4-6-11(10)13(14)12-9-15-7-8-16(12)2/h3-6,12-13,15H,7-9,14H2,1-2H3. The Balaban J connectivity index is 2.17. The van der Waals surface area contributed by atoms with Crippen LogP contribution in [0.15, 0.2) is 24.3 Å². The fourth-order valence-corrected chi connectivity index (χ4v) is 2.40. The Morgan fingerprint density at radius 1 is 1.44 bits per heavy atom. The van der Waals surface area contributed by atoms with Gasteiger partial charge in [-0.05, 0) is 25.1 Å². The van der Waals surface area contributed by atoms with E-state index in [0.29, 0.717) is 6.04 Å². The maximum absolute atomic E-state index is 6.38. The Labute approximate surface area is 97.6 Å². The molecule has 0 aromatic heterocycles. The first-order valence-electron chi connectivity index (χ1n) is 5.92. The quantitative estimate of drug-likeness (QED) is 0.776. The second-order valence-corrected chi connectivity index (χ2v) is 4.63. The molecule has 1 aliphatic heterocycles. The van der Waals surface area contributed by atoms with Crippen molar-refractivity contribution in [2.45, 2.75) is 19.0 Å². The Kier molecular flexibility index (Phi) is 3.59. The summed E-state index contributed by atoms with van der Waals surface area (Å²) in [7, 11) is 2.16. The number of rotatable bonds is 2. The van der Waals surface area contributed by atoms with Gasteiger partial charge in [0, 0.05) is 31.7 Å². The van der Waals surface area contributed by atoms with E-state index in [1.807, 2.05) is 0 Å². The van der Waals surface area contributed by atoms with Crippen LogP contribution in [0.25, 0.3) is 0 Å². The highest BCUT2D eigenvalue weighted by molar-refractivity contribution is 5.29. The highest BCUT2D eigenvalue weighted by Crippen LogP contribution is 2.21. The van der Waals surface area contributed by atoms with E-state index in [9.17, 15) is 0 Å². The van der Waals surface area contributed by atoms with Gasteiger partial charge in [0.05, 0.1) is 0 Å². The predicted octanol–water partition coefficient (Wildman–Crippen LogP) is 0.898. The minimum atomic E-state index is 0.0963. The van der Waals surface area contributed by atoms with Crippen molar-refractivity contribution in [3.8, 4) is 0 Å². The van der Waals surface area contributed by atoms with Crippen molar-refractivity contribution in [2.75, 3.05) is 26.7 Å². The summed E-state index contributed by atoms with van der Waals surface area (Å²) in [5.74, 6) is 0. The molecule has 0 saturated carbocycles. The summed E-state index contributed by atoms with van der Waals surface area (Å²) in [5.41, 5.74) is 8.93. The van der Waals surface area contributed by atoms with E-state index in [1.165, 1.54) is 11.1 Å². The fraction of sp³-hybridized carbons (Fsp3) is 0.538. The van der Waals surface area contributed by atoms with Crippen LogP contribution in [0.4, 0.5) is 0 Å². The summed E-state index contributed by atoms with van der Waals surface area (Å²) in [6.45, 7) is 5.25. The molecule has 1 fully saturated rings. The van der Waals surface area contributed by atoms with Gasteiger partial charge in [-0.3, -0.25) is 4.90 Å². The molecule has 0 bridgehead atoms. The molecule has 3 heteroatoms. The van der Waals surface area contributed by atoms with Crippen LogP contribution in [0.2, 0.25) is 0 Å². The van der Waals surface area contributed by atoms with Gasteiger partial charge in [-0.25, -0.2) is 0 Å². The van der Waals surface area contributed by atoms with Gasteiger partial charge in [0.2, 0.25) is 0 Å². The number of hydrogen-bond acceptors (Lipinski definition) is 3. The lowest BCUT2D eigenvalue weighted by molar-refractivity contribution is 0.174. The van der Waals surface area contributed by atoms with Gasteiger partial charge in [-0.2, -0.15) is 0 Å². The summed E-state index contributed by atoms with van der Waals surface area (Å²) in [6.07, 6.45) is 0. The molecule has 1 heterocycles. The first kappa shape index (κ1) is 11.6. The molecule has 0 spiro atoms. The molecule has 1 saturated heterocycles. The number of piperazine rings is 1. The van der Waals surface area contributed by atoms with E-state index in [2.05, 4.69) is 48.5 Å². The van der Waals surface area contributed by atoms with E-state index in [1.54, 1.807) is 0 Å². The molecule has 3 nitrogen and oxygen atoms in total. The average Bonchev–Trinajstić information content (AvgIpc) is 2.29. The lowest BCUT2D eigenvalue weighted by Gasteiger charge is -2.37. The summed E-state index contributed by atoms with van der Waals surface area (Å²) >= 11 is 0. The van der Waals surface area contributed by atoms with Gasteiger partial charge in [-0.1, -0.05) is 24.3 Å². The zero-order chi connectivity index (χ0) is 11.5. The van der Waals surface area contributed by atoms with E-state index >= 15 is 0 Å². The normalized spacial score (nSPS) is 24.3. The van der Waals surface area contributed by atoms with Crippen LogP contribution in [0, 0.1) is 6.92 Å². The number of hydrogen-bond donors (Lipinski definition) is 2. The highest BCUT2D eigenvalue weighted by atomic mass is 15.2. The van der Waals surface area contributed by atoms with Crippen LogP contribution in [0.5, 0.6) is 0 Å². The van der Waals surface area contributed by atoms with Crippen LogP contribution in [-0.2, 0) is 0 Å². The van der Waals surface area contributed by atoms with Crippen LogP contribution in [0.1, 0.15) is 17.2 Å². The van der Waals surface area contributed by atoms with Gasteiger partial charge in [-0.15, -0.1) is 0 Å². The minimum absolute atomic E-state index is 0.0963. The van der Waals surface area contributed by atoms with Crippen LogP contribution in [0.3, 0.4) is 0 Å². The summed E-state index contributed by atoms with van der Waals surface area (Å²) in [5, 5.41) is 3.41. The lowest BCUT2D eigenvalue weighted by atomic mass is 9.94. The fourth-order valence-electron chi connectivity index (χ4n) is 2.40. The molecule has 2 unspecified atom stereocenters. The van der Waals surface area contributed by atoms with Gasteiger partial charge < -0.3 is 11.1 Å². The van der Waals surface area contributed by atoms with Crippen molar-refractivity contribution < 1.29 is 0 Å². The number of nitrogens with zero attached hydrogens (tertiary/aromatic N) is 1. The lowest BCUT2D eigenvalue weighted by Crippen LogP contribution is -2.53. The summed E-state index contributed by atoms with van der Waals surface area (Å²) < 4.78 is 0. The van der Waals surface area contributed by atoms with Crippen LogP contribution >= 0.6 is 0 Å². The van der Waals surface area contributed by atoms with Gasteiger partial charge >= 0.3 is 0 Å². The molecule has 88 valence electrons. The van der Waals surface area contributed by atoms with Gasteiger partial charge in [0.1, 0.15) is 0 Å². The molecular formula is C13H21N3. The zero-order valence-corrected chi connectivity index (χ0v) is 10.1. The largest absolute Gasteiger partial charge is 0.323 e. The van der Waals surface area contributed by atoms with E-state index < -0.39 is 0 Å². The van der Waals surface area contributed by atoms with Crippen molar-refractivity contribution in [3.05, 3.63) is 35.4 Å². The third-order valence-corrected chi connectivity index (χ3v) is 3.52. The van der Waals surface area contributed by atoms with Crippen LogP contribution < -0.4 is 11.1 Å². The third kappa shape index (κ3) is 2.26. The Bertz CT molecular complexity index is 351. The molecule has 1 aromatic carbocycles. The molecule has 1 aromatic rings. The summed E-state index contributed by atoms with van der Waals surface area (Å²) in [4.78, 5) is 2.35. The number of nitrogens with two attached hydrogens (primary N) is 1. The van der Waals surface area contributed by atoms with Gasteiger partial charge in [0.15, 0.2) is 0 Å². The molecule has 16 heavy (non-hydrogen) atoms. The van der Waals surface area contributed by atoms with Crippen molar-refractivity contribution in [1.82, 2.24) is 10.2 Å². The summed E-state index contributed by atoms with van der Waals surface area (Å²) in [6, 6.07) is 8.90. The number of benzene rings is 1. The molecule has 0 aliphatic carbocycles. The number of likely N-dealkylation sites (N-methyl/N-ethyl adjacent to an activating group) is 1. The Hall–Kier alpha value is -0.900. The van der Waals surface area contributed by atoms with E-state index in [-0.39, 0.29) is 6.04 Å². The Morgan fingerprint density at radius 2 is 2.19 bits per heavy atom. The topological polar surface area (TPSA) is 41.3 Å². The third-order valence-electron chi connectivity index (χ3n) is 3.52. The highest BCUT2D eigenvalue weighted by Gasteiger charge is 2.26. The molecule has 3 N–H and O–H groups in total. The van der Waals surface area contributed by atoms with Crippen molar-refractivity contribution in [2.24, 2.45) is 5.73 Å². The number of aryl methyl sites for hydroxylation is 1. The van der Waals surface area contributed by atoms with Gasteiger partial charge in [0.25, 0.3) is 0 Å². The van der Waals surface area contributed by atoms with Crippen molar-refractivity contribution in [1.29, 1.82) is 0 Å². The maximum Gasteiger partial charge on any atom is 0.0468 e. The zero-order valence-electron chi connectivity index (χ0n) is 10.1. The van der Waals surface area contributed by atoms with Crippen molar-refractivity contribution in [3.63, 3.8) is 0 Å². The molecule has 2 rings (SSSR count). The first-order chi connectivity index (χ1) is 7.70. The molecule has 2 atom stereocenters.